The number of rotatable bonds is 4. The van der Waals surface area contributed by atoms with Gasteiger partial charge in [-0.2, -0.15) is 0 Å². The molecule has 5 heteroatoms. The Balaban J connectivity index is 2.19. The topological polar surface area (TPSA) is 69.4 Å². The van der Waals surface area contributed by atoms with Crippen molar-refractivity contribution in [2.24, 2.45) is 0 Å². The van der Waals surface area contributed by atoms with Crippen LogP contribution in [0.15, 0.2) is 54.6 Å². The van der Waals surface area contributed by atoms with Crippen LogP contribution >= 0.6 is 0 Å². The zero-order chi connectivity index (χ0) is 14.5. The summed E-state index contributed by atoms with van der Waals surface area (Å²) >= 11 is 0. The number of hydrogen-bond donors (Lipinski definition) is 0. The van der Waals surface area contributed by atoms with E-state index in [0.717, 1.165) is 5.56 Å². The summed E-state index contributed by atoms with van der Waals surface area (Å²) in [5.74, 6) is -0.700. The van der Waals surface area contributed by atoms with Gasteiger partial charge < -0.3 is 4.74 Å². The summed E-state index contributed by atoms with van der Waals surface area (Å²) in [4.78, 5) is 22.3. The van der Waals surface area contributed by atoms with Crippen LogP contribution in [0.4, 0.5) is 5.69 Å². The van der Waals surface area contributed by atoms with Crippen molar-refractivity contribution in [3.05, 3.63) is 75.8 Å². The molecule has 20 heavy (non-hydrogen) atoms. The number of carbonyl (C=O) groups is 1. The summed E-state index contributed by atoms with van der Waals surface area (Å²) in [6, 6.07) is 14.9. The Labute approximate surface area is 116 Å². The quantitative estimate of drug-likeness (QED) is 0.484. The molecule has 2 aromatic rings. The van der Waals surface area contributed by atoms with Crippen molar-refractivity contribution in [3.63, 3.8) is 0 Å². The van der Waals surface area contributed by atoms with Gasteiger partial charge in [0.1, 0.15) is 11.7 Å². The van der Waals surface area contributed by atoms with E-state index in [1.54, 1.807) is 13.0 Å². The number of carbonyl (C=O) groups excluding carboxylic acids is 1. The molecule has 0 aromatic heterocycles. The maximum atomic E-state index is 12.0. The van der Waals surface area contributed by atoms with E-state index in [0.29, 0.717) is 0 Å². The molecule has 1 atom stereocenters. The number of nitro groups is 1. The van der Waals surface area contributed by atoms with E-state index in [1.807, 2.05) is 30.3 Å². The molecule has 0 saturated carbocycles. The Hall–Kier alpha value is -2.69. The second-order valence-electron chi connectivity index (χ2n) is 4.23. The number of para-hydroxylation sites is 1. The molecule has 102 valence electrons. The lowest BCUT2D eigenvalue weighted by atomic mass is 10.1. The normalized spacial score (nSPS) is 11.7. The predicted molar refractivity (Wildman–Crippen MR) is 73.4 cm³/mol. The fourth-order valence-corrected chi connectivity index (χ4v) is 1.82. The summed E-state index contributed by atoms with van der Waals surface area (Å²) < 4.78 is 5.27. The summed E-state index contributed by atoms with van der Waals surface area (Å²) in [5.41, 5.74) is 0.539. The Morgan fingerprint density at radius 3 is 2.35 bits per heavy atom. The molecule has 0 heterocycles. The van der Waals surface area contributed by atoms with E-state index in [9.17, 15) is 14.9 Å². The van der Waals surface area contributed by atoms with Crippen LogP contribution in [-0.2, 0) is 4.74 Å². The Morgan fingerprint density at radius 1 is 1.10 bits per heavy atom. The van der Waals surface area contributed by atoms with Crippen LogP contribution in [0.3, 0.4) is 0 Å². The van der Waals surface area contributed by atoms with Crippen molar-refractivity contribution >= 4 is 11.7 Å². The van der Waals surface area contributed by atoms with Gasteiger partial charge in [0.2, 0.25) is 0 Å². The third kappa shape index (κ3) is 3.00. The zero-order valence-electron chi connectivity index (χ0n) is 10.9. The number of nitro benzene ring substituents is 1. The average Bonchev–Trinajstić information content (AvgIpc) is 2.48. The van der Waals surface area contributed by atoms with Crippen LogP contribution in [0.5, 0.6) is 0 Å². The maximum absolute atomic E-state index is 12.0. The molecule has 0 bridgehead atoms. The molecule has 0 saturated heterocycles. The highest BCUT2D eigenvalue weighted by Crippen LogP contribution is 2.23. The second kappa shape index (κ2) is 5.97. The molecule has 0 aliphatic heterocycles. The SMILES string of the molecule is CC(OC(=O)c1ccccc1[N+](=O)[O-])c1ccccc1. The number of benzene rings is 2. The molecular formula is C15H13NO4. The van der Waals surface area contributed by atoms with Crippen molar-refractivity contribution in [1.29, 1.82) is 0 Å². The lowest BCUT2D eigenvalue weighted by Gasteiger charge is -2.13. The standard InChI is InChI=1S/C15H13NO4/c1-11(12-7-3-2-4-8-12)20-15(17)13-9-5-6-10-14(13)16(18)19/h2-11H,1H3. The molecule has 0 aliphatic rings. The average molecular weight is 271 g/mol. The van der Waals surface area contributed by atoms with Gasteiger partial charge in [0.05, 0.1) is 4.92 Å². The zero-order valence-corrected chi connectivity index (χ0v) is 10.9. The highest BCUT2D eigenvalue weighted by Gasteiger charge is 2.22. The smallest absolute Gasteiger partial charge is 0.345 e. The highest BCUT2D eigenvalue weighted by molar-refractivity contribution is 5.93. The number of esters is 1. The Kier molecular flexibility index (Phi) is 4.10. The van der Waals surface area contributed by atoms with Crippen LogP contribution in [-0.4, -0.2) is 10.9 Å². The van der Waals surface area contributed by atoms with Crippen LogP contribution in [0.1, 0.15) is 28.9 Å². The first-order chi connectivity index (χ1) is 9.59. The van der Waals surface area contributed by atoms with Gasteiger partial charge >= 0.3 is 5.97 Å². The van der Waals surface area contributed by atoms with Crippen molar-refractivity contribution in [2.45, 2.75) is 13.0 Å². The highest BCUT2D eigenvalue weighted by atomic mass is 16.6. The Bertz CT molecular complexity index is 625. The van der Waals surface area contributed by atoms with Crippen molar-refractivity contribution in [1.82, 2.24) is 0 Å². The summed E-state index contributed by atoms with van der Waals surface area (Å²) in [5, 5.41) is 10.9. The second-order valence-corrected chi connectivity index (χ2v) is 4.23. The summed E-state index contributed by atoms with van der Waals surface area (Å²) in [7, 11) is 0. The van der Waals surface area contributed by atoms with Crippen LogP contribution in [0.2, 0.25) is 0 Å². The van der Waals surface area contributed by atoms with Crippen LogP contribution in [0.25, 0.3) is 0 Å². The minimum atomic E-state index is -0.700. The predicted octanol–water partition coefficient (Wildman–Crippen LogP) is 3.51. The summed E-state index contributed by atoms with van der Waals surface area (Å²) in [6.07, 6.45) is -0.469. The van der Waals surface area contributed by atoms with Gasteiger partial charge in [-0.3, -0.25) is 10.1 Å². The van der Waals surface area contributed by atoms with E-state index < -0.39 is 17.0 Å². The van der Waals surface area contributed by atoms with E-state index in [1.165, 1.54) is 18.2 Å². The fraction of sp³-hybridized carbons (Fsp3) is 0.133. The van der Waals surface area contributed by atoms with Crippen molar-refractivity contribution < 1.29 is 14.5 Å². The lowest BCUT2D eigenvalue weighted by molar-refractivity contribution is -0.385. The molecule has 5 nitrogen and oxygen atoms in total. The fourth-order valence-electron chi connectivity index (χ4n) is 1.82. The first-order valence-corrected chi connectivity index (χ1v) is 6.09. The molecule has 0 radical (unpaired) electrons. The molecule has 0 amide bonds. The number of nitrogens with zero attached hydrogens (tertiary/aromatic N) is 1. The first kappa shape index (κ1) is 13.7. The van der Waals surface area contributed by atoms with Gasteiger partial charge in [-0.05, 0) is 18.6 Å². The monoisotopic (exact) mass is 271 g/mol. The molecule has 0 aliphatic carbocycles. The Morgan fingerprint density at radius 2 is 1.70 bits per heavy atom. The molecule has 0 spiro atoms. The van der Waals surface area contributed by atoms with Crippen LogP contribution in [0, 0.1) is 10.1 Å². The van der Waals surface area contributed by atoms with E-state index in [-0.39, 0.29) is 11.3 Å². The van der Waals surface area contributed by atoms with Gasteiger partial charge in [-0.1, -0.05) is 42.5 Å². The molecule has 0 fully saturated rings. The van der Waals surface area contributed by atoms with Gasteiger partial charge in [0.25, 0.3) is 5.69 Å². The maximum Gasteiger partial charge on any atom is 0.345 e. The largest absolute Gasteiger partial charge is 0.454 e. The van der Waals surface area contributed by atoms with Crippen molar-refractivity contribution in [3.8, 4) is 0 Å². The van der Waals surface area contributed by atoms with Crippen LogP contribution < -0.4 is 0 Å². The number of ether oxygens (including phenoxy) is 1. The van der Waals surface area contributed by atoms with Gasteiger partial charge in [0.15, 0.2) is 0 Å². The van der Waals surface area contributed by atoms with Gasteiger partial charge in [-0.25, -0.2) is 4.79 Å². The third-order valence-electron chi connectivity index (χ3n) is 2.87. The van der Waals surface area contributed by atoms with Crippen molar-refractivity contribution in [2.75, 3.05) is 0 Å². The van der Waals surface area contributed by atoms with Gasteiger partial charge in [0, 0.05) is 6.07 Å². The van der Waals surface area contributed by atoms with E-state index >= 15 is 0 Å². The first-order valence-electron chi connectivity index (χ1n) is 6.09. The van der Waals surface area contributed by atoms with E-state index in [4.69, 9.17) is 4.74 Å². The minimum absolute atomic E-state index is 0.0414. The molecular weight excluding hydrogens is 258 g/mol. The molecule has 1 unspecified atom stereocenters. The third-order valence-corrected chi connectivity index (χ3v) is 2.87. The van der Waals surface area contributed by atoms with Gasteiger partial charge in [-0.15, -0.1) is 0 Å². The minimum Gasteiger partial charge on any atom is -0.454 e. The molecule has 0 N–H and O–H groups in total. The van der Waals surface area contributed by atoms with E-state index in [2.05, 4.69) is 0 Å². The summed E-state index contributed by atoms with van der Waals surface area (Å²) in [6.45, 7) is 1.72. The lowest BCUT2D eigenvalue weighted by Crippen LogP contribution is -2.11. The molecule has 2 aromatic carbocycles. The number of hydrogen-bond acceptors (Lipinski definition) is 4. The molecule has 2 rings (SSSR count).